The first-order valence-electron chi connectivity index (χ1n) is 8.06. The number of hydrogen-bond donors (Lipinski definition) is 2. The van der Waals surface area contributed by atoms with Gasteiger partial charge in [0.15, 0.2) is 0 Å². The lowest BCUT2D eigenvalue weighted by molar-refractivity contribution is 0.188. The van der Waals surface area contributed by atoms with Crippen LogP contribution in [0.2, 0.25) is 0 Å². The fraction of sp³-hybridized carbons (Fsp3) is 0.333. The van der Waals surface area contributed by atoms with E-state index in [0.717, 1.165) is 12.0 Å². The van der Waals surface area contributed by atoms with Crippen LogP contribution in [-0.4, -0.2) is 40.3 Å². The van der Waals surface area contributed by atoms with E-state index in [4.69, 9.17) is 5.11 Å². The summed E-state index contributed by atoms with van der Waals surface area (Å²) in [4.78, 5) is 26.3. The van der Waals surface area contributed by atoms with Crippen LogP contribution in [0.3, 0.4) is 0 Å². The highest BCUT2D eigenvalue weighted by Gasteiger charge is 2.14. The molecule has 2 aromatic rings. The molecule has 2 N–H and O–H groups in total. The van der Waals surface area contributed by atoms with Gasteiger partial charge in [-0.2, -0.15) is 0 Å². The number of pyridine rings is 1. The van der Waals surface area contributed by atoms with Crippen molar-refractivity contribution in [2.75, 3.05) is 25.0 Å². The van der Waals surface area contributed by atoms with Gasteiger partial charge >= 0.3 is 6.03 Å². The molecule has 0 aliphatic rings. The minimum atomic E-state index is -0.375. The maximum atomic E-state index is 12.5. The first kappa shape index (κ1) is 17.7. The van der Waals surface area contributed by atoms with Crippen molar-refractivity contribution in [2.45, 2.75) is 19.9 Å². The molecule has 6 nitrogen and oxygen atoms in total. The number of amides is 2. The molecule has 0 atom stereocenters. The summed E-state index contributed by atoms with van der Waals surface area (Å²) in [6, 6.07) is 12.6. The Morgan fingerprint density at radius 1 is 1.17 bits per heavy atom. The van der Waals surface area contributed by atoms with Gasteiger partial charge in [-0.05, 0) is 24.1 Å². The molecule has 0 aliphatic carbocycles. The van der Waals surface area contributed by atoms with Crippen molar-refractivity contribution < 1.29 is 9.90 Å². The van der Waals surface area contributed by atoms with Gasteiger partial charge in [0, 0.05) is 19.3 Å². The number of rotatable bonds is 7. The van der Waals surface area contributed by atoms with Gasteiger partial charge < -0.3 is 19.9 Å². The van der Waals surface area contributed by atoms with Crippen LogP contribution in [0.4, 0.5) is 10.5 Å². The Balaban J connectivity index is 2.15. The number of aliphatic hydroxyl groups excluding tert-OH is 1. The number of urea groups is 1. The lowest BCUT2D eigenvalue weighted by atomic mass is 10.2. The lowest BCUT2D eigenvalue weighted by Crippen LogP contribution is -2.39. The number of aromatic nitrogens is 1. The first-order valence-corrected chi connectivity index (χ1v) is 8.06. The quantitative estimate of drug-likeness (QED) is 0.817. The highest BCUT2D eigenvalue weighted by molar-refractivity contribution is 5.89. The summed E-state index contributed by atoms with van der Waals surface area (Å²) in [5.41, 5.74) is 0.989. The number of carbonyl (C=O) groups excluding carboxylic acids is 1. The number of aliphatic hydroxyl groups is 1. The highest BCUT2D eigenvalue weighted by Crippen LogP contribution is 2.05. The van der Waals surface area contributed by atoms with Gasteiger partial charge in [0.25, 0.3) is 5.56 Å². The zero-order valence-electron chi connectivity index (χ0n) is 13.8. The second-order valence-corrected chi connectivity index (χ2v) is 5.48. The van der Waals surface area contributed by atoms with Crippen molar-refractivity contribution in [3.8, 4) is 0 Å². The smallest absolute Gasteiger partial charge is 0.322 e. The molecule has 1 heterocycles. The summed E-state index contributed by atoms with van der Waals surface area (Å²) in [6.45, 7) is 3.05. The topological polar surface area (TPSA) is 74.6 Å². The van der Waals surface area contributed by atoms with Crippen molar-refractivity contribution in [1.29, 1.82) is 0 Å². The Hall–Kier alpha value is -2.60. The third-order valence-electron chi connectivity index (χ3n) is 3.61. The first-order chi connectivity index (χ1) is 11.7. The summed E-state index contributed by atoms with van der Waals surface area (Å²) >= 11 is 0. The SMILES string of the molecule is CCCN(CCO)C(=O)Nc1cccn(Cc2ccccc2)c1=O. The molecule has 1 aromatic carbocycles. The van der Waals surface area contributed by atoms with E-state index in [-0.39, 0.29) is 30.4 Å². The Morgan fingerprint density at radius 2 is 1.92 bits per heavy atom. The molecule has 0 spiro atoms. The van der Waals surface area contributed by atoms with E-state index in [1.165, 1.54) is 4.90 Å². The van der Waals surface area contributed by atoms with Crippen LogP contribution in [0.1, 0.15) is 18.9 Å². The fourth-order valence-corrected chi connectivity index (χ4v) is 2.44. The van der Waals surface area contributed by atoms with Gasteiger partial charge in [-0.15, -0.1) is 0 Å². The van der Waals surface area contributed by atoms with Crippen molar-refractivity contribution >= 4 is 11.7 Å². The van der Waals surface area contributed by atoms with Gasteiger partial charge in [-0.3, -0.25) is 4.79 Å². The van der Waals surface area contributed by atoms with E-state index in [1.54, 1.807) is 22.9 Å². The maximum Gasteiger partial charge on any atom is 0.322 e. The molecule has 0 unspecified atom stereocenters. The molecule has 1 aromatic heterocycles. The predicted octanol–water partition coefficient (Wildman–Crippen LogP) is 2.13. The fourth-order valence-electron chi connectivity index (χ4n) is 2.44. The summed E-state index contributed by atoms with van der Waals surface area (Å²) < 4.78 is 1.56. The molecule has 2 rings (SSSR count). The van der Waals surface area contributed by atoms with Crippen molar-refractivity contribution in [2.24, 2.45) is 0 Å². The van der Waals surface area contributed by atoms with Crippen LogP contribution < -0.4 is 10.9 Å². The number of carbonyl (C=O) groups is 1. The molecule has 24 heavy (non-hydrogen) atoms. The second-order valence-electron chi connectivity index (χ2n) is 5.48. The van der Waals surface area contributed by atoms with E-state index >= 15 is 0 Å². The van der Waals surface area contributed by atoms with Crippen molar-refractivity contribution in [1.82, 2.24) is 9.47 Å². The van der Waals surface area contributed by atoms with Crippen molar-refractivity contribution in [3.05, 3.63) is 64.6 Å². The van der Waals surface area contributed by atoms with Gasteiger partial charge in [0.2, 0.25) is 0 Å². The number of hydrogen-bond acceptors (Lipinski definition) is 3. The zero-order valence-corrected chi connectivity index (χ0v) is 13.8. The third kappa shape index (κ3) is 4.70. The number of nitrogens with zero attached hydrogens (tertiary/aromatic N) is 2. The molecule has 0 bridgehead atoms. The normalized spacial score (nSPS) is 10.4. The van der Waals surface area contributed by atoms with Crippen LogP contribution in [0.15, 0.2) is 53.5 Å². The third-order valence-corrected chi connectivity index (χ3v) is 3.61. The summed E-state index contributed by atoms with van der Waals surface area (Å²) in [5.74, 6) is 0. The van der Waals surface area contributed by atoms with Gasteiger partial charge in [0.1, 0.15) is 5.69 Å². The average molecular weight is 329 g/mol. The lowest BCUT2D eigenvalue weighted by Gasteiger charge is -2.21. The Bertz CT molecular complexity index is 707. The average Bonchev–Trinajstić information content (AvgIpc) is 2.59. The van der Waals surface area contributed by atoms with E-state index in [9.17, 15) is 9.59 Å². The largest absolute Gasteiger partial charge is 0.395 e. The Labute approximate surface area is 141 Å². The summed E-state index contributed by atoms with van der Waals surface area (Å²) in [7, 11) is 0. The van der Waals surface area contributed by atoms with Crippen LogP contribution in [0.5, 0.6) is 0 Å². The highest BCUT2D eigenvalue weighted by atomic mass is 16.3. The number of anilines is 1. The van der Waals surface area contributed by atoms with Gasteiger partial charge in [0.05, 0.1) is 13.2 Å². The van der Waals surface area contributed by atoms with Crippen LogP contribution in [-0.2, 0) is 6.54 Å². The molecule has 6 heteroatoms. The molecule has 0 saturated carbocycles. The maximum absolute atomic E-state index is 12.5. The number of benzene rings is 1. The standard InChI is InChI=1S/C18H23N3O3/c1-2-10-20(12-13-22)18(24)19-16-9-6-11-21(17(16)23)14-15-7-4-3-5-8-15/h3-9,11,22H,2,10,12-14H2,1H3,(H,19,24). The van der Waals surface area contributed by atoms with Crippen LogP contribution in [0, 0.1) is 0 Å². The van der Waals surface area contributed by atoms with Crippen LogP contribution >= 0.6 is 0 Å². The van der Waals surface area contributed by atoms with Gasteiger partial charge in [-0.1, -0.05) is 37.3 Å². The van der Waals surface area contributed by atoms with E-state index in [0.29, 0.717) is 13.1 Å². The molecule has 0 saturated heterocycles. The minimum absolute atomic E-state index is 0.111. The van der Waals surface area contributed by atoms with Gasteiger partial charge in [-0.25, -0.2) is 4.79 Å². The zero-order chi connectivity index (χ0) is 17.4. The van der Waals surface area contributed by atoms with Crippen LogP contribution in [0.25, 0.3) is 0 Å². The van der Waals surface area contributed by atoms with E-state index < -0.39 is 0 Å². The molecule has 0 radical (unpaired) electrons. The van der Waals surface area contributed by atoms with E-state index in [1.807, 2.05) is 37.3 Å². The van der Waals surface area contributed by atoms with E-state index in [2.05, 4.69) is 5.32 Å². The second kappa shape index (κ2) is 8.88. The molecular formula is C18H23N3O3. The molecule has 2 amide bonds. The Morgan fingerprint density at radius 3 is 2.58 bits per heavy atom. The number of nitrogens with one attached hydrogen (secondary N) is 1. The minimum Gasteiger partial charge on any atom is -0.395 e. The molecular weight excluding hydrogens is 306 g/mol. The molecule has 0 aliphatic heterocycles. The summed E-state index contributed by atoms with van der Waals surface area (Å²) in [6.07, 6.45) is 2.48. The predicted molar refractivity (Wildman–Crippen MR) is 94.2 cm³/mol. The Kier molecular flexibility index (Phi) is 6.57. The molecule has 128 valence electrons. The monoisotopic (exact) mass is 329 g/mol. The summed E-state index contributed by atoms with van der Waals surface area (Å²) in [5, 5.41) is 11.7. The molecule has 0 fully saturated rings. The van der Waals surface area contributed by atoms with Crippen molar-refractivity contribution in [3.63, 3.8) is 0 Å².